The number of hydrogen-bond acceptors (Lipinski definition) is 5. The van der Waals surface area contributed by atoms with Crippen molar-refractivity contribution in [2.45, 2.75) is 47.3 Å². The summed E-state index contributed by atoms with van der Waals surface area (Å²) in [6, 6.07) is 11.3. The standard InChI is InChI=1S/C27H29FN2O4/c1-15(2)11-23-21(13-29)25(18-7-5-16(3)6-8-18)24(17(4)30-23)27(33)34-14-20-10-9-19(26(31)32)12-22(20)28/h5-10,12,15H,11,13-14,29H2,1-4H3,(H,31,32). The second kappa shape index (κ2) is 10.6. The average Bonchev–Trinajstić information content (AvgIpc) is 2.77. The Morgan fingerprint density at radius 1 is 1.12 bits per heavy atom. The minimum absolute atomic E-state index is 0.0799. The minimum atomic E-state index is -1.23. The molecule has 0 radical (unpaired) electrons. The number of nitrogens with zero attached hydrogens (tertiary/aromatic N) is 1. The molecule has 0 amide bonds. The van der Waals surface area contributed by atoms with E-state index in [2.05, 4.69) is 13.8 Å². The van der Waals surface area contributed by atoms with Crippen LogP contribution in [-0.2, 0) is 24.3 Å². The number of aryl methyl sites for hydroxylation is 2. The summed E-state index contributed by atoms with van der Waals surface area (Å²) in [5.41, 5.74) is 11.1. The number of halogens is 1. The number of benzene rings is 2. The van der Waals surface area contributed by atoms with Crippen molar-refractivity contribution in [1.29, 1.82) is 0 Å². The summed E-state index contributed by atoms with van der Waals surface area (Å²) in [6.07, 6.45) is 0.711. The molecule has 3 N–H and O–H groups in total. The SMILES string of the molecule is Cc1ccc(-c2c(CN)c(CC(C)C)nc(C)c2C(=O)OCc2ccc(C(=O)O)cc2F)cc1. The third-order valence-corrected chi connectivity index (χ3v) is 5.57. The van der Waals surface area contributed by atoms with Crippen LogP contribution in [0.15, 0.2) is 42.5 Å². The number of carbonyl (C=O) groups excluding carboxylic acids is 1. The average molecular weight is 465 g/mol. The molecule has 0 spiro atoms. The number of nitrogens with two attached hydrogens (primary N) is 1. The van der Waals surface area contributed by atoms with Gasteiger partial charge in [-0.1, -0.05) is 49.7 Å². The molecule has 34 heavy (non-hydrogen) atoms. The Balaban J connectivity index is 2.05. The summed E-state index contributed by atoms with van der Waals surface area (Å²) in [4.78, 5) is 29.0. The molecule has 2 aromatic carbocycles. The maximum Gasteiger partial charge on any atom is 0.340 e. The highest BCUT2D eigenvalue weighted by atomic mass is 19.1. The number of aromatic carboxylic acids is 1. The first-order valence-corrected chi connectivity index (χ1v) is 11.1. The van der Waals surface area contributed by atoms with Crippen LogP contribution in [0.3, 0.4) is 0 Å². The van der Waals surface area contributed by atoms with E-state index < -0.39 is 17.8 Å². The molecule has 178 valence electrons. The van der Waals surface area contributed by atoms with Gasteiger partial charge in [0.05, 0.1) is 16.8 Å². The zero-order valence-electron chi connectivity index (χ0n) is 19.8. The number of carboxylic acids is 1. The predicted octanol–water partition coefficient (Wildman–Crippen LogP) is 5.22. The maximum absolute atomic E-state index is 14.3. The minimum Gasteiger partial charge on any atom is -0.478 e. The number of carboxylic acid groups (broad SMARTS) is 1. The first-order valence-electron chi connectivity index (χ1n) is 11.1. The molecule has 3 aromatic rings. The van der Waals surface area contributed by atoms with Gasteiger partial charge in [-0.05, 0) is 49.4 Å². The van der Waals surface area contributed by atoms with Gasteiger partial charge in [0.15, 0.2) is 0 Å². The van der Waals surface area contributed by atoms with Gasteiger partial charge in [0.25, 0.3) is 0 Å². The molecule has 0 saturated heterocycles. The molecule has 0 aliphatic rings. The molecule has 6 nitrogen and oxygen atoms in total. The fraction of sp³-hybridized carbons (Fsp3) is 0.296. The van der Waals surface area contributed by atoms with Gasteiger partial charge in [0, 0.05) is 23.4 Å². The highest BCUT2D eigenvalue weighted by Crippen LogP contribution is 2.33. The zero-order valence-corrected chi connectivity index (χ0v) is 19.8. The predicted molar refractivity (Wildman–Crippen MR) is 128 cm³/mol. The normalized spacial score (nSPS) is 11.0. The van der Waals surface area contributed by atoms with Gasteiger partial charge in [-0.2, -0.15) is 0 Å². The highest BCUT2D eigenvalue weighted by Gasteiger charge is 2.25. The number of hydrogen-bond donors (Lipinski definition) is 2. The second-order valence-corrected chi connectivity index (χ2v) is 8.73. The smallest absolute Gasteiger partial charge is 0.340 e. The fourth-order valence-electron chi connectivity index (χ4n) is 3.88. The van der Waals surface area contributed by atoms with Crippen molar-refractivity contribution in [2.75, 3.05) is 0 Å². The zero-order chi connectivity index (χ0) is 25.0. The summed E-state index contributed by atoms with van der Waals surface area (Å²) in [6.45, 7) is 7.77. The van der Waals surface area contributed by atoms with Crippen molar-refractivity contribution in [2.24, 2.45) is 11.7 Å². The van der Waals surface area contributed by atoms with E-state index in [1.807, 2.05) is 31.2 Å². The molecule has 1 aromatic heterocycles. The van der Waals surface area contributed by atoms with E-state index >= 15 is 0 Å². The molecule has 0 fully saturated rings. The van der Waals surface area contributed by atoms with Gasteiger partial charge >= 0.3 is 11.9 Å². The highest BCUT2D eigenvalue weighted by molar-refractivity contribution is 5.99. The van der Waals surface area contributed by atoms with Crippen LogP contribution in [0.1, 0.15) is 62.6 Å². The van der Waals surface area contributed by atoms with Crippen LogP contribution in [-0.4, -0.2) is 22.0 Å². The quantitative estimate of drug-likeness (QED) is 0.443. The molecule has 1 heterocycles. The van der Waals surface area contributed by atoms with E-state index in [0.29, 0.717) is 29.2 Å². The van der Waals surface area contributed by atoms with Crippen LogP contribution >= 0.6 is 0 Å². The Labute approximate surface area is 198 Å². The first kappa shape index (κ1) is 25.1. The third-order valence-electron chi connectivity index (χ3n) is 5.57. The maximum atomic E-state index is 14.3. The number of aromatic nitrogens is 1. The fourth-order valence-corrected chi connectivity index (χ4v) is 3.88. The molecule has 3 rings (SSSR count). The van der Waals surface area contributed by atoms with E-state index in [1.165, 1.54) is 12.1 Å². The monoisotopic (exact) mass is 464 g/mol. The van der Waals surface area contributed by atoms with Gasteiger partial charge in [0.2, 0.25) is 0 Å². The Morgan fingerprint density at radius 3 is 2.35 bits per heavy atom. The van der Waals surface area contributed by atoms with E-state index in [9.17, 15) is 14.0 Å². The lowest BCUT2D eigenvalue weighted by Crippen LogP contribution is -2.17. The molecular formula is C27H29FN2O4. The van der Waals surface area contributed by atoms with Crippen molar-refractivity contribution >= 4 is 11.9 Å². The molecule has 0 unspecified atom stereocenters. The summed E-state index contributed by atoms with van der Waals surface area (Å²) < 4.78 is 19.8. The van der Waals surface area contributed by atoms with Gasteiger partial charge in [-0.3, -0.25) is 4.98 Å². The Morgan fingerprint density at radius 2 is 1.79 bits per heavy atom. The Kier molecular flexibility index (Phi) is 7.79. The number of esters is 1. The molecule has 7 heteroatoms. The summed E-state index contributed by atoms with van der Waals surface area (Å²) >= 11 is 0. The molecule has 0 atom stereocenters. The van der Waals surface area contributed by atoms with Gasteiger partial charge in [-0.25, -0.2) is 14.0 Å². The molecular weight excluding hydrogens is 435 g/mol. The molecule has 0 saturated carbocycles. The second-order valence-electron chi connectivity index (χ2n) is 8.73. The van der Waals surface area contributed by atoms with E-state index in [-0.39, 0.29) is 24.3 Å². The van der Waals surface area contributed by atoms with Gasteiger partial charge in [0.1, 0.15) is 12.4 Å². The number of ether oxygens (including phenoxy) is 1. The lowest BCUT2D eigenvalue weighted by atomic mass is 9.90. The number of pyridine rings is 1. The lowest BCUT2D eigenvalue weighted by Gasteiger charge is -2.20. The largest absolute Gasteiger partial charge is 0.478 e. The lowest BCUT2D eigenvalue weighted by molar-refractivity contribution is 0.0467. The third kappa shape index (κ3) is 5.48. The van der Waals surface area contributed by atoms with Crippen LogP contribution in [0, 0.1) is 25.6 Å². The van der Waals surface area contributed by atoms with Crippen LogP contribution in [0.5, 0.6) is 0 Å². The van der Waals surface area contributed by atoms with Crippen LogP contribution in [0.25, 0.3) is 11.1 Å². The Hall–Kier alpha value is -3.58. The van der Waals surface area contributed by atoms with Crippen LogP contribution < -0.4 is 5.73 Å². The summed E-state index contributed by atoms with van der Waals surface area (Å²) in [5.74, 6) is -2.29. The summed E-state index contributed by atoms with van der Waals surface area (Å²) in [7, 11) is 0. The molecule has 0 aliphatic carbocycles. The Bertz CT molecular complexity index is 1220. The number of rotatable bonds is 8. The number of carbonyl (C=O) groups is 2. The van der Waals surface area contributed by atoms with Crippen molar-refractivity contribution in [3.63, 3.8) is 0 Å². The van der Waals surface area contributed by atoms with Gasteiger partial charge in [-0.15, -0.1) is 0 Å². The van der Waals surface area contributed by atoms with E-state index in [0.717, 1.165) is 28.5 Å². The van der Waals surface area contributed by atoms with Crippen molar-refractivity contribution in [1.82, 2.24) is 4.98 Å². The van der Waals surface area contributed by atoms with Crippen LogP contribution in [0.4, 0.5) is 4.39 Å². The molecule has 0 aliphatic heterocycles. The van der Waals surface area contributed by atoms with Crippen molar-refractivity contribution in [3.8, 4) is 11.1 Å². The first-order chi connectivity index (χ1) is 16.1. The topological polar surface area (TPSA) is 103 Å². The molecule has 0 bridgehead atoms. The van der Waals surface area contributed by atoms with Crippen molar-refractivity contribution in [3.05, 3.63) is 87.5 Å². The van der Waals surface area contributed by atoms with E-state index in [4.69, 9.17) is 20.6 Å². The van der Waals surface area contributed by atoms with Crippen LogP contribution in [0.2, 0.25) is 0 Å². The van der Waals surface area contributed by atoms with Gasteiger partial charge < -0.3 is 15.6 Å². The van der Waals surface area contributed by atoms with Crippen molar-refractivity contribution < 1.29 is 23.8 Å². The van der Waals surface area contributed by atoms with E-state index in [1.54, 1.807) is 6.92 Å². The summed E-state index contributed by atoms with van der Waals surface area (Å²) in [5, 5.41) is 9.01.